The van der Waals surface area contributed by atoms with Crippen LogP contribution in [0.25, 0.3) is 0 Å². The average molecular weight is 271 g/mol. The van der Waals surface area contributed by atoms with E-state index in [1.165, 1.54) is 0 Å². The third-order valence-corrected chi connectivity index (χ3v) is 3.12. The molecule has 1 heterocycles. The van der Waals surface area contributed by atoms with Gasteiger partial charge in [0.25, 0.3) is 0 Å². The minimum absolute atomic E-state index is 0.164. The van der Waals surface area contributed by atoms with Crippen LogP contribution in [-0.4, -0.2) is 18.1 Å². The Bertz CT molecular complexity index is 516. The monoisotopic (exact) mass is 271 g/mol. The van der Waals surface area contributed by atoms with Gasteiger partial charge < -0.3 is 15.8 Å². The van der Waals surface area contributed by atoms with Crippen molar-refractivity contribution in [3.8, 4) is 5.75 Å². The van der Waals surface area contributed by atoms with Gasteiger partial charge in [-0.05, 0) is 24.7 Å². The molecule has 106 valence electrons. The van der Waals surface area contributed by atoms with Gasteiger partial charge in [0.2, 0.25) is 0 Å². The Labute approximate surface area is 120 Å². The predicted octanol–water partition coefficient (Wildman–Crippen LogP) is 2.78. The van der Waals surface area contributed by atoms with Crippen molar-refractivity contribution in [1.29, 1.82) is 0 Å². The van der Waals surface area contributed by atoms with Crippen LogP contribution in [0.3, 0.4) is 0 Å². The first-order chi connectivity index (χ1) is 9.81. The fourth-order valence-corrected chi connectivity index (χ4v) is 2.15. The Morgan fingerprint density at radius 3 is 2.70 bits per heavy atom. The van der Waals surface area contributed by atoms with Gasteiger partial charge in [0.15, 0.2) is 0 Å². The molecule has 0 spiro atoms. The number of nitrogens with one attached hydrogen (secondary N) is 1. The van der Waals surface area contributed by atoms with Crippen molar-refractivity contribution < 1.29 is 4.74 Å². The Balaban J connectivity index is 1.95. The van der Waals surface area contributed by atoms with Crippen molar-refractivity contribution >= 4 is 5.82 Å². The van der Waals surface area contributed by atoms with E-state index in [9.17, 15) is 0 Å². The number of nitrogen functional groups attached to an aromatic ring is 1. The van der Waals surface area contributed by atoms with E-state index in [1.54, 1.807) is 6.20 Å². The SMILES string of the molecule is CCNC(CCOc1ccccc1)c1cccnc1N. The lowest BCUT2D eigenvalue weighted by Gasteiger charge is -2.19. The molecule has 0 fully saturated rings. The van der Waals surface area contributed by atoms with Gasteiger partial charge in [0, 0.05) is 24.2 Å². The van der Waals surface area contributed by atoms with Gasteiger partial charge in [-0.3, -0.25) is 0 Å². The lowest BCUT2D eigenvalue weighted by Crippen LogP contribution is -2.24. The minimum atomic E-state index is 0.164. The van der Waals surface area contributed by atoms with Gasteiger partial charge in [0.1, 0.15) is 11.6 Å². The third-order valence-electron chi connectivity index (χ3n) is 3.12. The molecule has 3 N–H and O–H groups in total. The zero-order valence-electron chi connectivity index (χ0n) is 11.8. The zero-order valence-corrected chi connectivity index (χ0v) is 11.8. The van der Waals surface area contributed by atoms with E-state index in [0.717, 1.165) is 24.3 Å². The first kappa shape index (κ1) is 14.3. The largest absolute Gasteiger partial charge is 0.494 e. The van der Waals surface area contributed by atoms with E-state index >= 15 is 0 Å². The van der Waals surface area contributed by atoms with Crippen LogP contribution in [-0.2, 0) is 0 Å². The van der Waals surface area contributed by atoms with E-state index in [-0.39, 0.29) is 6.04 Å². The summed E-state index contributed by atoms with van der Waals surface area (Å²) in [4.78, 5) is 4.15. The molecule has 0 amide bonds. The first-order valence-electron chi connectivity index (χ1n) is 6.93. The molecule has 0 saturated heterocycles. The minimum Gasteiger partial charge on any atom is -0.494 e. The second-order valence-electron chi connectivity index (χ2n) is 4.54. The van der Waals surface area contributed by atoms with Crippen molar-refractivity contribution in [2.75, 3.05) is 18.9 Å². The summed E-state index contributed by atoms with van der Waals surface area (Å²) in [6.45, 7) is 3.60. The summed E-state index contributed by atoms with van der Waals surface area (Å²) in [6, 6.07) is 13.9. The molecule has 4 nitrogen and oxygen atoms in total. The molecule has 1 aromatic carbocycles. The molecule has 0 aliphatic heterocycles. The topological polar surface area (TPSA) is 60.2 Å². The van der Waals surface area contributed by atoms with Crippen LogP contribution in [0, 0.1) is 0 Å². The lowest BCUT2D eigenvalue weighted by molar-refractivity contribution is 0.287. The Kier molecular flexibility index (Phi) is 5.38. The van der Waals surface area contributed by atoms with Gasteiger partial charge in [-0.15, -0.1) is 0 Å². The molecule has 2 rings (SSSR count). The fraction of sp³-hybridized carbons (Fsp3) is 0.312. The standard InChI is InChI=1S/C16H21N3O/c1-2-18-15(14-9-6-11-19-16(14)17)10-12-20-13-7-4-3-5-8-13/h3-9,11,15,18H,2,10,12H2,1H3,(H2,17,19). The van der Waals surface area contributed by atoms with Gasteiger partial charge in [-0.25, -0.2) is 4.98 Å². The summed E-state index contributed by atoms with van der Waals surface area (Å²) >= 11 is 0. The second-order valence-corrected chi connectivity index (χ2v) is 4.54. The Hall–Kier alpha value is -2.07. The number of para-hydroxylation sites is 1. The number of aromatic nitrogens is 1. The van der Waals surface area contributed by atoms with Crippen molar-refractivity contribution in [3.63, 3.8) is 0 Å². The van der Waals surface area contributed by atoms with Gasteiger partial charge in [0.05, 0.1) is 6.61 Å². The van der Waals surface area contributed by atoms with Crippen LogP contribution in [0.4, 0.5) is 5.82 Å². The van der Waals surface area contributed by atoms with Crippen LogP contribution in [0.2, 0.25) is 0 Å². The van der Waals surface area contributed by atoms with Crippen LogP contribution in [0.15, 0.2) is 48.7 Å². The highest BCUT2D eigenvalue weighted by Crippen LogP contribution is 2.21. The fourth-order valence-electron chi connectivity index (χ4n) is 2.15. The highest BCUT2D eigenvalue weighted by molar-refractivity contribution is 5.40. The normalized spacial score (nSPS) is 12.1. The predicted molar refractivity (Wildman–Crippen MR) is 81.6 cm³/mol. The molecule has 0 aliphatic carbocycles. The molecule has 4 heteroatoms. The highest BCUT2D eigenvalue weighted by atomic mass is 16.5. The summed E-state index contributed by atoms with van der Waals surface area (Å²) in [5, 5.41) is 3.43. The van der Waals surface area contributed by atoms with Gasteiger partial charge in [-0.2, -0.15) is 0 Å². The van der Waals surface area contributed by atoms with Crippen LogP contribution in [0.1, 0.15) is 24.9 Å². The van der Waals surface area contributed by atoms with Crippen molar-refractivity contribution in [2.45, 2.75) is 19.4 Å². The zero-order chi connectivity index (χ0) is 14.2. The average Bonchev–Trinajstić information content (AvgIpc) is 2.48. The van der Waals surface area contributed by atoms with Crippen LogP contribution >= 0.6 is 0 Å². The summed E-state index contributed by atoms with van der Waals surface area (Å²) < 4.78 is 5.74. The van der Waals surface area contributed by atoms with Crippen molar-refractivity contribution in [2.24, 2.45) is 0 Å². The molecule has 0 bridgehead atoms. The summed E-state index contributed by atoms with van der Waals surface area (Å²) in [7, 11) is 0. The van der Waals surface area contributed by atoms with E-state index in [4.69, 9.17) is 10.5 Å². The first-order valence-corrected chi connectivity index (χ1v) is 6.93. The van der Waals surface area contributed by atoms with E-state index < -0.39 is 0 Å². The number of rotatable bonds is 7. The van der Waals surface area contributed by atoms with Crippen molar-refractivity contribution in [3.05, 3.63) is 54.2 Å². The maximum atomic E-state index is 5.94. The number of nitrogens with zero attached hydrogens (tertiary/aromatic N) is 1. The van der Waals surface area contributed by atoms with E-state index in [1.807, 2.05) is 42.5 Å². The number of benzene rings is 1. The number of hydrogen-bond donors (Lipinski definition) is 2. The molecule has 0 aliphatic rings. The molecule has 0 radical (unpaired) electrons. The summed E-state index contributed by atoms with van der Waals surface area (Å²) in [5.74, 6) is 1.47. The second kappa shape index (κ2) is 7.50. The smallest absolute Gasteiger partial charge is 0.128 e. The quantitative estimate of drug-likeness (QED) is 0.813. The molecule has 1 atom stereocenters. The molecular weight excluding hydrogens is 250 g/mol. The Morgan fingerprint density at radius 1 is 1.20 bits per heavy atom. The van der Waals surface area contributed by atoms with E-state index in [0.29, 0.717) is 12.4 Å². The number of anilines is 1. The molecule has 2 aromatic rings. The number of nitrogens with two attached hydrogens (primary N) is 1. The maximum Gasteiger partial charge on any atom is 0.128 e. The number of hydrogen-bond acceptors (Lipinski definition) is 4. The maximum absolute atomic E-state index is 5.94. The van der Waals surface area contributed by atoms with Crippen LogP contribution in [0.5, 0.6) is 5.75 Å². The Morgan fingerprint density at radius 2 is 2.00 bits per heavy atom. The molecular formula is C16H21N3O. The molecule has 20 heavy (non-hydrogen) atoms. The van der Waals surface area contributed by atoms with Gasteiger partial charge >= 0.3 is 0 Å². The number of pyridine rings is 1. The summed E-state index contributed by atoms with van der Waals surface area (Å²) in [6.07, 6.45) is 2.56. The molecule has 1 unspecified atom stereocenters. The summed E-state index contributed by atoms with van der Waals surface area (Å²) in [5.41, 5.74) is 6.98. The van der Waals surface area contributed by atoms with E-state index in [2.05, 4.69) is 17.2 Å². The number of ether oxygens (including phenoxy) is 1. The third kappa shape index (κ3) is 3.96. The molecule has 0 saturated carbocycles. The lowest BCUT2D eigenvalue weighted by atomic mass is 10.1. The molecule has 1 aromatic heterocycles. The van der Waals surface area contributed by atoms with Crippen molar-refractivity contribution in [1.82, 2.24) is 10.3 Å². The van der Waals surface area contributed by atoms with Crippen LogP contribution < -0.4 is 15.8 Å². The highest BCUT2D eigenvalue weighted by Gasteiger charge is 2.13. The van der Waals surface area contributed by atoms with Gasteiger partial charge in [-0.1, -0.05) is 31.2 Å².